The number of aryl methyl sites for hydroxylation is 1. The quantitative estimate of drug-likeness (QED) is 0.668. The van der Waals surface area contributed by atoms with Gasteiger partial charge in [-0.3, -0.25) is 19.3 Å². The van der Waals surface area contributed by atoms with Gasteiger partial charge in [-0.1, -0.05) is 30.8 Å². The first kappa shape index (κ1) is 21.8. The Morgan fingerprint density at radius 3 is 2.30 bits per heavy atom. The first-order chi connectivity index (χ1) is 14.4. The monoisotopic (exact) mass is 423 g/mol. The van der Waals surface area contributed by atoms with Crippen LogP contribution in [0.4, 0.5) is 11.4 Å². The first-order valence-corrected chi connectivity index (χ1v) is 10.9. The maximum absolute atomic E-state index is 12.8. The Labute approximate surface area is 180 Å². The van der Waals surface area contributed by atoms with Crippen LogP contribution in [0.15, 0.2) is 53.5 Å². The number of carbonyl (C=O) groups is 3. The lowest BCUT2D eigenvalue weighted by atomic mass is 10.1. The minimum Gasteiger partial charge on any atom is -0.326 e. The Balaban J connectivity index is 1.68. The van der Waals surface area contributed by atoms with Gasteiger partial charge >= 0.3 is 0 Å². The number of amides is 2. The van der Waals surface area contributed by atoms with Crippen molar-refractivity contribution in [2.75, 3.05) is 11.9 Å². The van der Waals surface area contributed by atoms with Crippen molar-refractivity contribution in [3.63, 3.8) is 0 Å². The number of nitrogens with zero attached hydrogens (tertiary/aromatic N) is 2. The van der Waals surface area contributed by atoms with Gasteiger partial charge in [0.05, 0.1) is 5.69 Å². The maximum atomic E-state index is 12.8. The molecule has 156 valence electrons. The van der Waals surface area contributed by atoms with E-state index >= 15 is 0 Å². The molecule has 0 spiro atoms. The van der Waals surface area contributed by atoms with E-state index in [4.69, 9.17) is 0 Å². The van der Waals surface area contributed by atoms with E-state index in [0.29, 0.717) is 23.0 Å². The Kier molecular flexibility index (Phi) is 7.05. The van der Waals surface area contributed by atoms with E-state index in [1.165, 1.54) is 24.2 Å². The van der Waals surface area contributed by atoms with Gasteiger partial charge in [-0.05, 0) is 62.2 Å². The summed E-state index contributed by atoms with van der Waals surface area (Å²) in [6, 6.07) is 14.6. The van der Waals surface area contributed by atoms with Crippen molar-refractivity contribution in [3.05, 3.63) is 59.7 Å². The third kappa shape index (κ3) is 5.16. The molecular weight excluding hydrogens is 398 g/mol. The zero-order valence-electron chi connectivity index (χ0n) is 17.3. The fourth-order valence-corrected chi connectivity index (χ4v) is 4.32. The standard InChI is InChI=1S/C23H25N3O3S/c1-4-16-6-10-18(11-7-16)24-21(28)14-20-22(29)26(5-2)23(30-20)25-19-12-8-17(9-13-19)15(3)27/h6-13,20H,4-5,14H2,1-3H3,(H,24,28). The average Bonchev–Trinajstić information content (AvgIpc) is 3.02. The molecule has 1 saturated heterocycles. The van der Waals surface area contributed by atoms with Gasteiger partial charge in [0, 0.05) is 24.2 Å². The van der Waals surface area contributed by atoms with Gasteiger partial charge in [0.2, 0.25) is 11.8 Å². The molecule has 1 fully saturated rings. The molecular formula is C23H25N3O3S. The molecule has 1 N–H and O–H groups in total. The van der Waals surface area contributed by atoms with E-state index in [1.807, 2.05) is 31.2 Å². The summed E-state index contributed by atoms with van der Waals surface area (Å²) in [4.78, 5) is 42.8. The summed E-state index contributed by atoms with van der Waals surface area (Å²) in [5.41, 5.74) is 3.20. The van der Waals surface area contributed by atoms with Crippen LogP contribution in [0.25, 0.3) is 0 Å². The molecule has 1 atom stereocenters. The molecule has 1 unspecified atom stereocenters. The second kappa shape index (κ2) is 9.71. The maximum Gasteiger partial charge on any atom is 0.242 e. The van der Waals surface area contributed by atoms with Gasteiger partial charge in [-0.2, -0.15) is 0 Å². The van der Waals surface area contributed by atoms with Gasteiger partial charge in [-0.25, -0.2) is 4.99 Å². The van der Waals surface area contributed by atoms with Crippen molar-refractivity contribution < 1.29 is 14.4 Å². The van der Waals surface area contributed by atoms with Gasteiger partial charge in [0.15, 0.2) is 11.0 Å². The van der Waals surface area contributed by atoms with Crippen molar-refractivity contribution >= 4 is 45.9 Å². The van der Waals surface area contributed by atoms with Crippen LogP contribution in [0.1, 0.15) is 43.1 Å². The van der Waals surface area contributed by atoms with E-state index < -0.39 is 5.25 Å². The van der Waals surface area contributed by atoms with Crippen LogP contribution < -0.4 is 5.32 Å². The Hall–Kier alpha value is -2.93. The molecule has 7 heteroatoms. The Morgan fingerprint density at radius 2 is 1.73 bits per heavy atom. The van der Waals surface area contributed by atoms with Crippen molar-refractivity contribution in [2.45, 2.75) is 38.9 Å². The fraction of sp³-hybridized carbons (Fsp3) is 0.304. The molecule has 3 rings (SSSR count). The highest BCUT2D eigenvalue weighted by atomic mass is 32.2. The lowest BCUT2D eigenvalue weighted by Gasteiger charge is -2.13. The van der Waals surface area contributed by atoms with Crippen LogP contribution >= 0.6 is 11.8 Å². The number of Topliss-reactive ketones (excluding diaryl/α,β-unsaturated/α-hetero) is 1. The largest absolute Gasteiger partial charge is 0.326 e. The highest BCUT2D eigenvalue weighted by Gasteiger charge is 2.38. The summed E-state index contributed by atoms with van der Waals surface area (Å²) in [6.07, 6.45) is 1.02. The van der Waals surface area contributed by atoms with Crippen LogP contribution in [0, 0.1) is 0 Å². The third-order valence-electron chi connectivity index (χ3n) is 4.85. The molecule has 6 nitrogen and oxygen atoms in total. The van der Waals surface area contributed by atoms with Gasteiger partial charge in [0.25, 0.3) is 0 Å². The molecule has 0 bridgehead atoms. The summed E-state index contributed by atoms with van der Waals surface area (Å²) < 4.78 is 0. The molecule has 30 heavy (non-hydrogen) atoms. The van der Waals surface area contributed by atoms with Crippen molar-refractivity contribution in [1.29, 1.82) is 0 Å². The number of ketones is 1. The van der Waals surface area contributed by atoms with Crippen molar-refractivity contribution in [1.82, 2.24) is 4.90 Å². The number of aliphatic imine (C=N–C) groups is 1. The molecule has 1 heterocycles. The normalized spacial score (nSPS) is 17.4. The lowest BCUT2D eigenvalue weighted by molar-refractivity contribution is -0.128. The predicted octanol–water partition coefficient (Wildman–Crippen LogP) is 4.43. The zero-order valence-corrected chi connectivity index (χ0v) is 18.2. The molecule has 2 amide bonds. The molecule has 0 aromatic heterocycles. The predicted molar refractivity (Wildman–Crippen MR) is 121 cm³/mol. The number of thioether (sulfide) groups is 1. The molecule has 0 saturated carbocycles. The number of nitrogens with one attached hydrogen (secondary N) is 1. The first-order valence-electron chi connectivity index (χ1n) is 9.97. The Bertz CT molecular complexity index is 968. The number of rotatable bonds is 7. The van der Waals surface area contributed by atoms with Crippen LogP contribution in [-0.2, 0) is 16.0 Å². The van der Waals surface area contributed by atoms with Crippen molar-refractivity contribution in [3.8, 4) is 0 Å². The number of benzene rings is 2. The number of carbonyl (C=O) groups excluding carboxylic acids is 3. The van der Waals surface area contributed by atoms with E-state index in [0.717, 1.165) is 12.1 Å². The third-order valence-corrected chi connectivity index (χ3v) is 6.03. The molecule has 0 aliphatic carbocycles. The number of hydrogen-bond donors (Lipinski definition) is 1. The summed E-state index contributed by atoms with van der Waals surface area (Å²) in [6.45, 7) is 5.95. The van der Waals surface area contributed by atoms with E-state index in [9.17, 15) is 14.4 Å². The zero-order chi connectivity index (χ0) is 21.7. The van der Waals surface area contributed by atoms with Gasteiger partial charge < -0.3 is 5.32 Å². The lowest BCUT2D eigenvalue weighted by Crippen LogP contribution is -2.33. The molecule has 1 aliphatic rings. The summed E-state index contributed by atoms with van der Waals surface area (Å²) in [5, 5.41) is 2.93. The van der Waals surface area contributed by atoms with Crippen LogP contribution in [0.5, 0.6) is 0 Å². The summed E-state index contributed by atoms with van der Waals surface area (Å²) >= 11 is 1.30. The van der Waals surface area contributed by atoms with E-state index in [2.05, 4.69) is 17.2 Å². The minimum absolute atomic E-state index is 0.00906. The Morgan fingerprint density at radius 1 is 1.07 bits per heavy atom. The topological polar surface area (TPSA) is 78.8 Å². The molecule has 1 aliphatic heterocycles. The summed E-state index contributed by atoms with van der Waals surface area (Å²) in [7, 11) is 0. The number of amidine groups is 1. The van der Waals surface area contributed by atoms with E-state index in [-0.39, 0.29) is 24.0 Å². The van der Waals surface area contributed by atoms with Crippen molar-refractivity contribution in [2.24, 2.45) is 4.99 Å². The van der Waals surface area contributed by atoms with Crippen LogP contribution in [0.3, 0.4) is 0 Å². The summed E-state index contributed by atoms with van der Waals surface area (Å²) in [5.74, 6) is -0.323. The number of anilines is 1. The smallest absolute Gasteiger partial charge is 0.242 e. The van der Waals surface area contributed by atoms with E-state index in [1.54, 1.807) is 29.2 Å². The average molecular weight is 424 g/mol. The number of hydrogen-bond acceptors (Lipinski definition) is 5. The highest BCUT2D eigenvalue weighted by molar-refractivity contribution is 8.15. The second-order valence-electron chi connectivity index (χ2n) is 6.99. The molecule has 0 radical (unpaired) electrons. The highest BCUT2D eigenvalue weighted by Crippen LogP contribution is 2.31. The SMILES string of the molecule is CCc1ccc(NC(=O)CC2SC(=Nc3ccc(C(C)=O)cc3)N(CC)C2=O)cc1. The van der Waals surface area contributed by atoms with Gasteiger partial charge in [0.1, 0.15) is 5.25 Å². The van der Waals surface area contributed by atoms with Gasteiger partial charge in [-0.15, -0.1) is 0 Å². The molecule has 2 aromatic rings. The van der Waals surface area contributed by atoms with Crippen LogP contribution in [-0.4, -0.2) is 39.5 Å². The van der Waals surface area contributed by atoms with Crippen LogP contribution in [0.2, 0.25) is 0 Å². The second-order valence-corrected chi connectivity index (χ2v) is 8.16. The fourth-order valence-electron chi connectivity index (χ4n) is 3.10. The molecule has 2 aromatic carbocycles. The minimum atomic E-state index is -0.505.